The van der Waals surface area contributed by atoms with Crippen molar-refractivity contribution in [3.63, 3.8) is 0 Å². The van der Waals surface area contributed by atoms with E-state index >= 15 is 0 Å². The number of nitrogens with one attached hydrogen (secondary N) is 1. The summed E-state index contributed by atoms with van der Waals surface area (Å²) in [6.07, 6.45) is 2.74. The molecule has 1 N–H and O–H groups in total. The van der Waals surface area contributed by atoms with Crippen LogP contribution in [0, 0.1) is 5.92 Å². The van der Waals surface area contributed by atoms with E-state index in [4.69, 9.17) is 13.9 Å². The molecule has 1 aromatic heterocycles. The third kappa shape index (κ3) is 5.97. The van der Waals surface area contributed by atoms with Gasteiger partial charge >= 0.3 is 12.2 Å². The molecule has 29 heavy (non-hydrogen) atoms. The van der Waals surface area contributed by atoms with Crippen LogP contribution in [0.1, 0.15) is 44.7 Å². The molecule has 0 spiro atoms. The lowest BCUT2D eigenvalue weighted by atomic mass is 9.99. The predicted molar refractivity (Wildman–Crippen MR) is 105 cm³/mol. The molecule has 1 aromatic carbocycles. The van der Waals surface area contributed by atoms with Gasteiger partial charge in [0.15, 0.2) is 0 Å². The standard InChI is InChI=1S/C21H27N3O5/c1-21(2,3)29-19(25)23-17(18-22-10-12-27-18)16-9-11-24(13-16)20(26)28-14-15-7-5-4-6-8-15/h4-8,10,12,16-17H,9,11,13-14H2,1-3H3,(H,23,25). The van der Waals surface area contributed by atoms with Crippen molar-refractivity contribution in [3.05, 3.63) is 54.2 Å². The summed E-state index contributed by atoms with van der Waals surface area (Å²) >= 11 is 0. The maximum Gasteiger partial charge on any atom is 0.410 e. The fraction of sp³-hybridized carbons (Fsp3) is 0.476. The second kappa shape index (κ2) is 8.98. The number of benzene rings is 1. The number of carbonyl (C=O) groups is 2. The molecule has 3 rings (SSSR count). The van der Waals surface area contributed by atoms with Gasteiger partial charge in [0.2, 0.25) is 5.89 Å². The zero-order valence-electron chi connectivity index (χ0n) is 17.0. The van der Waals surface area contributed by atoms with Crippen LogP contribution < -0.4 is 5.32 Å². The summed E-state index contributed by atoms with van der Waals surface area (Å²) in [6, 6.07) is 9.03. The minimum Gasteiger partial charge on any atom is -0.447 e. The van der Waals surface area contributed by atoms with Crippen molar-refractivity contribution in [3.8, 4) is 0 Å². The van der Waals surface area contributed by atoms with E-state index in [1.807, 2.05) is 30.3 Å². The molecule has 0 bridgehead atoms. The quantitative estimate of drug-likeness (QED) is 0.817. The van der Waals surface area contributed by atoms with Gasteiger partial charge in [-0.1, -0.05) is 30.3 Å². The van der Waals surface area contributed by atoms with Crippen LogP contribution >= 0.6 is 0 Å². The van der Waals surface area contributed by atoms with Crippen molar-refractivity contribution >= 4 is 12.2 Å². The maximum atomic E-state index is 12.4. The molecule has 8 heteroatoms. The summed E-state index contributed by atoms with van der Waals surface area (Å²) in [4.78, 5) is 30.5. The first-order chi connectivity index (χ1) is 13.8. The second-order valence-corrected chi connectivity index (χ2v) is 8.03. The van der Waals surface area contributed by atoms with Crippen LogP contribution in [0.3, 0.4) is 0 Å². The Labute approximate surface area is 170 Å². The van der Waals surface area contributed by atoms with Crippen molar-refractivity contribution in [2.24, 2.45) is 5.92 Å². The van der Waals surface area contributed by atoms with Crippen LogP contribution in [0.25, 0.3) is 0 Å². The molecule has 0 aliphatic carbocycles. The van der Waals surface area contributed by atoms with Crippen molar-refractivity contribution in [2.45, 2.75) is 45.4 Å². The van der Waals surface area contributed by atoms with E-state index < -0.39 is 17.7 Å². The van der Waals surface area contributed by atoms with Gasteiger partial charge in [-0.15, -0.1) is 0 Å². The van der Waals surface area contributed by atoms with Gasteiger partial charge in [-0.2, -0.15) is 0 Å². The van der Waals surface area contributed by atoms with Crippen LogP contribution in [-0.2, 0) is 16.1 Å². The number of likely N-dealkylation sites (tertiary alicyclic amines) is 1. The number of amides is 2. The van der Waals surface area contributed by atoms with E-state index in [0.29, 0.717) is 25.4 Å². The Morgan fingerprint density at radius 1 is 1.31 bits per heavy atom. The molecule has 2 atom stereocenters. The van der Waals surface area contributed by atoms with Crippen molar-refractivity contribution < 1.29 is 23.5 Å². The summed E-state index contributed by atoms with van der Waals surface area (Å²) in [7, 11) is 0. The molecule has 1 fully saturated rings. The third-order valence-electron chi connectivity index (χ3n) is 4.55. The van der Waals surface area contributed by atoms with Gasteiger partial charge in [0.05, 0.1) is 6.20 Å². The first kappa shape index (κ1) is 20.7. The Morgan fingerprint density at radius 3 is 2.72 bits per heavy atom. The number of ether oxygens (including phenoxy) is 2. The minimum absolute atomic E-state index is 0.0644. The highest BCUT2D eigenvalue weighted by Crippen LogP contribution is 2.30. The lowest BCUT2D eigenvalue weighted by Gasteiger charge is -2.25. The zero-order chi connectivity index (χ0) is 20.9. The Balaban J connectivity index is 1.59. The predicted octanol–water partition coefficient (Wildman–Crippen LogP) is 3.90. The van der Waals surface area contributed by atoms with Crippen LogP contribution in [0.2, 0.25) is 0 Å². The minimum atomic E-state index is -0.617. The molecule has 0 saturated carbocycles. The van der Waals surface area contributed by atoms with Gasteiger partial charge in [0.1, 0.15) is 24.5 Å². The fourth-order valence-electron chi connectivity index (χ4n) is 3.24. The lowest BCUT2D eigenvalue weighted by Crippen LogP contribution is -2.39. The Morgan fingerprint density at radius 2 is 2.07 bits per heavy atom. The topological polar surface area (TPSA) is 93.9 Å². The van der Waals surface area contributed by atoms with E-state index in [1.54, 1.807) is 25.7 Å². The molecular formula is C21H27N3O5. The van der Waals surface area contributed by atoms with Gasteiger partial charge in [-0.25, -0.2) is 14.6 Å². The summed E-state index contributed by atoms with van der Waals surface area (Å²) in [5.41, 5.74) is 0.314. The summed E-state index contributed by atoms with van der Waals surface area (Å²) < 4.78 is 16.2. The molecule has 1 saturated heterocycles. The number of oxazole rings is 1. The smallest absolute Gasteiger partial charge is 0.410 e. The zero-order valence-corrected chi connectivity index (χ0v) is 17.0. The molecule has 2 heterocycles. The van der Waals surface area contributed by atoms with Crippen LogP contribution in [0.5, 0.6) is 0 Å². The number of aromatic nitrogens is 1. The molecule has 2 aromatic rings. The summed E-state index contributed by atoms with van der Waals surface area (Å²) in [6.45, 7) is 6.58. The lowest BCUT2D eigenvalue weighted by molar-refractivity contribution is 0.0474. The molecular weight excluding hydrogens is 374 g/mol. The van der Waals surface area contributed by atoms with Crippen molar-refractivity contribution in [2.75, 3.05) is 13.1 Å². The first-order valence-electron chi connectivity index (χ1n) is 9.66. The highest BCUT2D eigenvalue weighted by molar-refractivity contribution is 5.69. The molecule has 1 aliphatic heterocycles. The Hall–Kier alpha value is -3.03. The number of hydrogen-bond donors (Lipinski definition) is 1. The molecule has 0 radical (unpaired) electrons. The van der Waals surface area contributed by atoms with Crippen LogP contribution in [0.4, 0.5) is 9.59 Å². The number of carbonyl (C=O) groups excluding carboxylic acids is 2. The maximum absolute atomic E-state index is 12.4. The van der Waals surface area contributed by atoms with Gasteiger partial charge in [0, 0.05) is 19.0 Å². The van der Waals surface area contributed by atoms with Crippen molar-refractivity contribution in [1.29, 1.82) is 0 Å². The third-order valence-corrected chi connectivity index (χ3v) is 4.55. The van der Waals surface area contributed by atoms with Gasteiger partial charge < -0.3 is 24.1 Å². The van der Waals surface area contributed by atoms with E-state index in [-0.39, 0.29) is 18.6 Å². The van der Waals surface area contributed by atoms with E-state index in [0.717, 1.165) is 5.56 Å². The molecule has 2 amide bonds. The molecule has 8 nitrogen and oxygen atoms in total. The highest BCUT2D eigenvalue weighted by Gasteiger charge is 2.37. The summed E-state index contributed by atoms with van der Waals surface area (Å²) in [5.74, 6) is 0.325. The largest absolute Gasteiger partial charge is 0.447 e. The number of nitrogens with zero attached hydrogens (tertiary/aromatic N) is 2. The van der Waals surface area contributed by atoms with Crippen LogP contribution in [-0.4, -0.2) is 40.8 Å². The first-order valence-corrected chi connectivity index (χ1v) is 9.66. The number of hydrogen-bond acceptors (Lipinski definition) is 6. The Kier molecular flexibility index (Phi) is 6.41. The second-order valence-electron chi connectivity index (χ2n) is 8.03. The van der Waals surface area contributed by atoms with E-state index in [2.05, 4.69) is 10.3 Å². The normalized spacial score (nSPS) is 17.6. The SMILES string of the molecule is CC(C)(C)OC(=O)NC(c1ncco1)C1CCN(C(=O)OCc2ccccc2)C1. The van der Waals surface area contributed by atoms with Gasteiger partial charge in [-0.05, 0) is 32.8 Å². The Bertz CT molecular complexity index is 801. The average molecular weight is 401 g/mol. The highest BCUT2D eigenvalue weighted by atomic mass is 16.6. The van der Waals surface area contributed by atoms with Gasteiger partial charge in [0.25, 0.3) is 0 Å². The monoisotopic (exact) mass is 401 g/mol. The number of rotatable bonds is 5. The van der Waals surface area contributed by atoms with E-state index in [1.165, 1.54) is 12.5 Å². The average Bonchev–Trinajstić information content (AvgIpc) is 3.36. The van der Waals surface area contributed by atoms with Crippen LogP contribution in [0.15, 0.2) is 47.2 Å². The van der Waals surface area contributed by atoms with Gasteiger partial charge in [-0.3, -0.25) is 0 Å². The summed E-state index contributed by atoms with van der Waals surface area (Å²) in [5, 5.41) is 2.84. The molecule has 156 valence electrons. The molecule has 1 aliphatic rings. The molecule has 2 unspecified atom stereocenters. The van der Waals surface area contributed by atoms with E-state index in [9.17, 15) is 9.59 Å². The van der Waals surface area contributed by atoms with Crippen molar-refractivity contribution in [1.82, 2.24) is 15.2 Å². The number of alkyl carbamates (subject to hydrolysis) is 1. The fourth-order valence-corrected chi connectivity index (χ4v) is 3.24.